The van der Waals surface area contributed by atoms with Gasteiger partial charge < -0.3 is 0 Å². The smallest absolute Gasteiger partial charge is 0.169 e. The van der Waals surface area contributed by atoms with Crippen LogP contribution in [-0.4, -0.2) is 5.78 Å². The fraction of sp³-hybridized carbons (Fsp3) is 0.0833. The monoisotopic (exact) mass is 332 g/mol. The first-order valence-electron chi connectivity index (χ1n) is 4.79. The summed E-state index contributed by atoms with van der Waals surface area (Å²) in [5.74, 6) is -0.428. The van der Waals surface area contributed by atoms with Crippen molar-refractivity contribution in [3.63, 3.8) is 0 Å². The summed E-state index contributed by atoms with van der Waals surface area (Å²) in [6.07, 6.45) is 0.279. The van der Waals surface area contributed by atoms with E-state index in [0.29, 0.717) is 14.4 Å². The summed E-state index contributed by atoms with van der Waals surface area (Å²) in [5, 5.41) is 0. The number of hydrogen-bond donors (Lipinski definition) is 0. The molecule has 5 heteroatoms. The summed E-state index contributed by atoms with van der Waals surface area (Å²) < 4.78 is 14.0. The van der Waals surface area contributed by atoms with Gasteiger partial charge in [0.15, 0.2) is 5.78 Å². The van der Waals surface area contributed by atoms with Crippen LogP contribution in [0.5, 0.6) is 0 Å². The van der Waals surface area contributed by atoms with E-state index in [-0.39, 0.29) is 18.0 Å². The van der Waals surface area contributed by atoms with Crippen LogP contribution in [0.4, 0.5) is 4.39 Å². The zero-order valence-electron chi connectivity index (χ0n) is 8.54. The number of ketones is 1. The van der Waals surface area contributed by atoms with Crippen LogP contribution in [0.3, 0.4) is 0 Å². The minimum atomic E-state index is -0.368. The predicted molar refractivity (Wildman–Crippen MR) is 71.5 cm³/mol. The average Bonchev–Trinajstić information content (AvgIpc) is 2.63. The van der Waals surface area contributed by atoms with Crippen molar-refractivity contribution in [1.82, 2.24) is 0 Å². The number of Topliss-reactive ketones (excluding diaryl/α,β-unsaturated/α-hetero) is 1. The van der Waals surface area contributed by atoms with E-state index < -0.39 is 0 Å². The molecule has 0 radical (unpaired) electrons. The molecule has 0 aliphatic carbocycles. The molecule has 17 heavy (non-hydrogen) atoms. The first-order chi connectivity index (χ1) is 8.06. The molecular weight excluding hydrogens is 327 g/mol. The van der Waals surface area contributed by atoms with Crippen LogP contribution in [0.25, 0.3) is 0 Å². The number of hydrogen-bond acceptors (Lipinski definition) is 2. The van der Waals surface area contributed by atoms with E-state index in [1.165, 1.54) is 29.5 Å². The van der Waals surface area contributed by atoms with Gasteiger partial charge in [-0.2, -0.15) is 0 Å². The number of rotatable bonds is 3. The maximum absolute atomic E-state index is 12.9. The Hall–Kier alpha value is -0.710. The molecule has 0 spiro atoms. The maximum Gasteiger partial charge on any atom is 0.169 e. The molecule has 0 saturated carbocycles. The van der Waals surface area contributed by atoms with E-state index in [1.54, 1.807) is 6.07 Å². The Labute approximate surface area is 115 Å². The van der Waals surface area contributed by atoms with Gasteiger partial charge in [-0.05, 0) is 46.3 Å². The highest BCUT2D eigenvalue weighted by atomic mass is 79.9. The molecule has 2 rings (SSSR count). The lowest BCUT2D eigenvalue weighted by molar-refractivity contribution is 0.0993. The lowest BCUT2D eigenvalue weighted by atomic mass is 10.1. The van der Waals surface area contributed by atoms with E-state index in [0.717, 1.165) is 4.88 Å². The van der Waals surface area contributed by atoms with Crippen molar-refractivity contribution in [3.05, 3.63) is 55.4 Å². The van der Waals surface area contributed by atoms with Crippen LogP contribution in [0.1, 0.15) is 15.2 Å². The zero-order valence-corrected chi connectivity index (χ0v) is 11.7. The second kappa shape index (κ2) is 5.29. The summed E-state index contributed by atoms with van der Waals surface area (Å²) in [6.45, 7) is 0. The summed E-state index contributed by atoms with van der Waals surface area (Å²) in [7, 11) is 0. The highest BCUT2D eigenvalue weighted by molar-refractivity contribution is 9.10. The standard InChI is InChI=1S/C12H7BrClFOS/c13-10-5-7(15)1-3-9(10)11(16)6-8-2-4-12(14)17-8/h1-5H,6H2. The van der Waals surface area contributed by atoms with Crippen LogP contribution in [-0.2, 0) is 6.42 Å². The highest BCUT2D eigenvalue weighted by Gasteiger charge is 2.12. The Balaban J connectivity index is 2.20. The largest absolute Gasteiger partial charge is 0.294 e. The maximum atomic E-state index is 12.9. The van der Waals surface area contributed by atoms with E-state index >= 15 is 0 Å². The van der Waals surface area contributed by atoms with Crippen LogP contribution in [0, 0.1) is 5.82 Å². The van der Waals surface area contributed by atoms with Gasteiger partial charge in [-0.1, -0.05) is 11.6 Å². The van der Waals surface area contributed by atoms with Crippen molar-refractivity contribution in [2.75, 3.05) is 0 Å². The number of carbonyl (C=O) groups is 1. The third kappa shape index (κ3) is 3.15. The lowest BCUT2D eigenvalue weighted by Gasteiger charge is -2.02. The number of thiophene rings is 1. The van der Waals surface area contributed by atoms with E-state index in [2.05, 4.69) is 15.9 Å². The minimum absolute atomic E-state index is 0.0598. The van der Waals surface area contributed by atoms with Crippen LogP contribution < -0.4 is 0 Å². The summed E-state index contributed by atoms with van der Waals surface area (Å²) in [4.78, 5) is 12.9. The number of benzene rings is 1. The van der Waals surface area contributed by atoms with Gasteiger partial charge in [0.1, 0.15) is 5.82 Å². The van der Waals surface area contributed by atoms with Crippen molar-refractivity contribution < 1.29 is 9.18 Å². The molecule has 0 aliphatic heterocycles. The van der Waals surface area contributed by atoms with E-state index in [4.69, 9.17) is 11.6 Å². The fourth-order valence-electron chi connectivity index (χ4n) is 1.42. The first-order valence-corrected chi connectivity index (χ1v) is 6.77. The molecule has 1 nitrogen and oxygen atoms in total. The Morgan fingerprint density at radius 2 is 2.12 bits per heavy atom. The Kier molecular flexibility index (Phi) is 3.97. The van der Waals surface area contributed by atoms with Crippen molar-refractivity contribution >= 4 is 44.7 Å². The molecule has 0 saturated heterocycles. The quantitative estimate of drug-likeness (QED) is 0.742. The second-order valence-corrected chi connectivity index (χ2v) is 6.08. The van der Waals surface area contributed by atoms with Gasteiger partial charge in [0.2, 0.25) is 0 Å². The Bertz CT molecular complexity index is 567. The summed E-state index contributed by atoms with van der Waals surface area (Å²) in [5.41, 5.74) is 0.482. The van der Waals surface area contributed by atoms with Gasteiger partial charge in [-0.15, -0.1) is 11.3 Å². The average molecular weight is 334 g/mol. The van der Waals surface area contributed by atoms with Gasteiger partial charge >= 0.3 is 0 Å². The lowest BCUT2D eigenvalue weighted by Crippen LogP contribution is -2.03. The van der Waals surface area contributed by atoms with Gasteiger partial charge in [-0.25, -0.2) is 4.39 Å². The molecule has 0 amide bonds. The van der Waals surface area contributed by atoms with E-state index in [1.807, 2.05) is 6.07 Å². The van der Waals surface area contributed by atoms with Crippen molar-refractivity contribution in [2.45, 2.75) is 6.42 Å². The SMILES string of the molecule is O=C(Cc1ccc(Cl)s1)c1ccc(F)cc1Br. The van der Waals surface area contributed by atoms with Gasteiger partial charge in [0.25, 0.3) is 0 Å². The third-order valence-corrected chi connectivity index (χ3v) is 4.08. The number of halogens is 3. The second-order valence-electron chi connectivity index (χ2n) is 3.43. The Morgan fingerprint density at radius 3 is 2.71 bits per heavy atom. The third-order valence-electron chi connectivity index (χ3n) is 2.20. The molecule has 0 N–H and O–H groups in total. The zero-order chi connectivity index (χ0) is 12.4. The minimum Gasteiger partial charge on any atom is -0.294 e. The topological polar surface area (TPSA) is 17.1 Å². The predicted octanol–water partition coefficient (Wildman–Crippen LogP) is 4.73. The van der Waals surface area contributed by atoms with Crippen LogP contribution in [0.15, 0.2) is 34.8 Å². The first kappa shape index (κ1) is 12.7. The molecule has 88 valence electrons. The molecule has 2 aromatic rings. The van der Waals surface area contributed by atoms with Gasteiger partial charge in [0.05, 0.1) is 4.34 Å². The van der Waals surface area contributed by atoms with Crippen LogP contribution in [0.2, 0.25) is 4.34 Å². The van der Waals surface area contributed by atoms with E-state index in [9.17, 15) is 9.18 Å². The molecule has 1 aromatic heterocycles. The molecular formula is C12H7BrClFOS. The molecule has 0 atom stereocenters. The normalized spacial score (nSPS) is 10.5. The number of carbonyl (C=O) groups excluding carboxylic acids is 1. The fourth-order valence-corrected chi connectivity index (χ4v) is 3.07. The molecule has 0 fully saturated rings. The van der Waals surface area contributed by atoms with Gasteiger partial charge in [-0.3, -0.25) is 4.79 Å². The molecule has 1 heterocycles. The summed E-state index contributed by atoms with van der Waals surface area (Å²) in [6, 6.07) is 7.63. The Morgan fingerprint density at radius 1 is 1.35 bits per heavy atom. The van der Waals surface area contributed by atoms with Crippen LogP contribution >= 0.6 is 38.9 Å². The van der Waals surface area contributed by atoms with Crippen molar-refractivity contribution in [2.24, 2.45) is 0 Å². The summed E-state index contributed by atoms with van der Waals surface area (Å²) >= 11 is 10.3. The van der Waals surface area contributed by atoms with Gasteiger partial charge in [0, 0.05) is 21.3 Å². The highest BCUT2D eigenvalue weighted by Crippen LogP contribution is 2.25. The molecule has 1 aromatic carbocycles. The molecule has 0 aliphatic rings. The molecule has 0 bridgehead atoms. The molecule has 0 unspecified atom stereocenters. The van der Waals surface area contributed by atoms with Crippen molar-refractivity contribution in [1.29, 1.82) is 0 Å². The van der Waals surface area contributed by atoms with Crippen molar-refractivity contribution in [3.8, 4) is 0 Å².